The van der Waals surface area contributed by atoms with Gasteiger partial charge in [-0.05, 0) is 61.7 Å². The van der Waals surface area contributed by atoms with Gasteiger partial charge in [-0.1, -0.05) is 23.7 Å². The van der Waals surface area contributed by atoms with Crippen molar-refractivity contribution in [1.82, 2.24) is 19.7 Å². The summed E-state index contributed by atoms with van der Waals surface area (Å²) in [5.74, 6) is 1.99. The second-order valence-electron chi connectivity index (χ2n) is 8.79. The van der Waals surface area contributed by atoms with Gasteiger partial charge in [-0.25, -0.2) is 0 Å². The van der Waals surface area contributed by atoms with E-state index >= 15 is 0 Å². The molecule has 0 aliphatic carbocycles. The molecule has 0 unspecified atom stereocenters. The lowest BCUT2D eigenvalue weighted by atomic mass is 9.93. The van der Waals surface area contributed by atoms with E-state index < -0.39 is 5.60 Å². The lowest BCUT2D eigenvalue weighted by Gasteiger charge is -2.39. The van der Waals surface area contributed by atoms with Gasteiger partial charge in [0.05, 0.1) is 18.7 Å². The predicted octanol–water partition coefficient (Wildman–Crippen LogP) is 3.73. The van der Waals surface area contributed by atoms with Gasteiger partial charge in [-0.2, -0.15) is 0 Å². The molecule has 3 aromatic rings. The number of aliphatic hydroxyl groups is 1. The van der Waals surface area contributed by atoms with E-state index in [-0.39, 0.29) is 6.61 Å². The van der Waals surface area contributed by atoms with E-state index in [0.29, 0.717) is 54.9 Å². The van der Waals surface area contributed by atoms with Gasteiger partial charge in [0.15, 0.2) is 11.5 Å². The molecule has 1 N–H and O–H groups in total. The molecule has 0 bridgehead atoms. The van der Waals surface area contributed by atoms with Gasteiger partial charge >= 0.3 is 0 Å². The van der Waals surface area contributed by atoms with Crippen LogP contribution in [0.15, 0.2) is 49.1 Å². The molecule has 8 nitrogen and oxygen atoms in total. The van der Waals surface area contributed by atoms with Gasteiger partial charge in [0.25, 0.3) is 0 Å². The first kappa shape index (κ1) is 24.3. The number of halogens is 1. The summed E-state index contributed by atoms with van der Waals surface area (Å²) in [5, 5.41) is 19.3. The van der Waals surface area contributed by atoms with Crippen LogP contribution in [0.1, 0.15) is 24.0 Å². The topological polar surface area (TPSA) is 81.9 Å². The highest BCUT2D eigenvalue weighted by Crippen LogP contribution is 2.31. The molecule has 0 saturated carbocycles. The Balaban J connectivity index is 1.33. The number of hydrogen-bond acceptors (Lipinski definition) is 7. The van der Waals surface area contributed by atoms with Gasteiger partial charge in [0, 0.05) is 13.1 Å². The third-order valence-corrected chi connectivity index (χ3v) is 6.24. The van der Waals surface area contributed by atoms with Crippen molar-refractivity contribution in [2.45, 2.75) is 38.5 Å². The van der Waals surface area contributed by atoms with Crippen LogP contribution in [0.5, 0.6) is 17.2 Å². The molecular weight excluding hydrogens is 456 g/mol. The first-order chi connectivity index (χ1) is 16.4. The minimum atomic E-state index is -0.930. The molecule has 0 amide bonds. The van der Waals surface area contributed by atoms with Crippen LogP contribution >= 0.6 is 11.6 Å². The molecule has 4 rings (SSSR count). The molecule has 9 heteroatoms. The van der Waals surface area contributed by atoms with Gasteiger partial charge < -0.3 is 23.9 Å². The van der Waals surface area contributed by atoms with Gasteiger partial charge in [-0.15, -0.1) is 10.2 Å². The molecule has 1 fully saturated rings. The molecule has 1 saturated heterocycles. The largest absolute Gasteiger partial charge is 0.493 e. The fraction of sp³-hybridized carbons (Fsp3) is 0.440. The number of nitrogens with zero attached hydrogens (tertiary/aromatic N) is 4. The number of aryl methyl sites for hydroxylation is 1. The zero-order valence-corrected chi connectivity index (χ0v) is 20.4. The minimum absolute atomic E-state index is 0.204. The molecule has 1 atom stereocenters. The standard InChI is InChI=1S/C25H31ClN4O4/c1-19-4-6-21(26)23(12-19)34-16-25(31)8-3-9-29(15-25)14-20-5-7-22(24(13-20)32-2)33-11-10-30-17-27-28-18-30/h4-7,12-13,17-18,31H,3,8-11,14-16H2,1-2H3/t25-/m1/s1. The third-order valence-electron chi connectivity index (χ3n) is 5.93. The van der Waals surface area contributed by atoms with Crippen molar-refractivity contribution in [3.8, 4) is 17.2 Å². The summed E-state index contributed by atoms with van der Waals surface area (Å²) >= 11 is 6.25. The van der Waals surface area contributed by atoms with E-state index in [0.717, 1.165) is 24.1 Å². The lowest BCUT2D eigenvalue weighted by molar-refractivity contribution is -0.0621. The first-order valence-corrected chi connectivity index (χ1v) is 11.8. The SMILES string of the molecule is COc1cc(CN2CCC[C@](O)(COc3cc(C)ccc3Cl)C2)ccc1OCCn1cnnc1. The van der Waals surface area contributed by atoms with Crippen LogP contribution in [0.2, 0.25) is 5.02 Å². The number of β-amino-alcohol motifs (C(OH)–C–C–N with tert-alkyl or cyclic N) is 1. The first-order valence-electron chi connectivity index (χ1n) is 11.4. The van der Waals surface area contributed by atoms with Crippen LogP contribution in [0.4, 0.5) is 0 Å². The van der Waals surface area contributed by atoms with E-state index in [4.69, 9.17) is 25.8 Å². The Labute approximate surface area is 205 Å². The maximum Gasteiger partial charge on any atom is 0.161 e. The highest BCUT2D eigenvalue weighted by Gasteiger charge is 2.34. The summed E-state index contributed by atoms with van der Waals surface area (Å²) in [6, 6.07) is 11.6. The number of benzene rings is 2. The van der Waals surface area contributed by atoms with Crippen molar-refractivity contribution in [3.63, 3.8) is 0 Å². The Hall–Kier alpha value is -2.81. The maximum absolute atomic E-state index is 11.2. The van der Waals surface area contributed by atoms with Gasteiger partial charge in [0.2, 0.25) is 0 Å². The van der Waals surface area contributed by atoms with Crippen LogP contribution in [0.25, 0.3) is 0 Å². The summed E-state index contributed by atoms with van der Waals surface area (Å²) in [7, 11) is 1.64. The number of ether oxygens (including phenoxy) is 3. The number of methoxy groups -OCH3 is 1. The van der Waals surface area contributed by atoms with Crippen LogP contribution in [-0.2, 0) is 13.1 Å². The number of likely N-dealkylation sites (tertiary alicyclic amines) is 1. The van der Waals surface area contributed by atoms with E-state index in [1.165, 1.54) is 0 Å². The minimum Gasteiger partial charge on any atom is -0.493 e. The number of aromatic nitrogens is 3. The summed E-state index contributed by atoms with van der Waals surface area (Å²) in [4.78, 5) is 2.24. The molecule has 0 radical (unpaired) electrons. The fourth-order valence-corrected chi connectivity index (χ4v) is 4.35. The second-order valence-corrected chi connectivity index (χ2v) is 9.20. The van der Waals surface area contributed by atoms with Gasteiger partial charge in [-0.3, -0.25) is 4.90 Å². The molecule has 0 spiro atoms. The number of piperidine rings is 1. The van der Waals surface area contributed by atoms with Crippen molar-refractivity contribution in [2.75, 3.05) is 33.4 Å². The molecule has 1 aromatic heterocycles. The normalized spacial score (nSPS) is 18.6. The van der Waals surface area contributed by atoms with Crippen LogP contribution in [0, 0.1) is 6.92 Å². The highest BCUT2D eigenvalue weighted by molar-refractivity contribution is 6.32. The zero-order valence-electron chi connectivity index (χ0n) is 19.6. The Bertz CT molecular complexity index is 1080. The lowest BCUT2D eigenvalue weighted by Crippen LogP contribution is -2.51. The summed E-state index contributed by atoms with van der Waals surface area (Å²) in [6.45, 7) is 5.46. The van der Waals surface area contributed by atoms with Crippen LogP contribution in [-0.4, -0.2) is 63.8 Å². The molecule has 34 heavy (non-hydrogen) atoms. The average molecular weight is 487 g/mol. The predicted molar refractivity (Wildman–Crippen MR) is 130 cm³/mol. The number of rotatable bonds is 10. The van der Waals surface area contributed by atoms with Crippen molar-refractivity contribution in [1.29, 1.82) is 0 Å². The second kappa shape index (κ2) is 11.1. The molecule has 182 valence electrons. The Morgan fingerprint density at radius 3 is 2.68 bits per heavy atom. The van der Waals surface area contributed by atoms with Crippen LogP contribution in [0.3, 0.4) is 0 Å². The summed E-state index contributed by atoms with van der Waals surface area (Å²) < 4.78 is 19.2. The van der Waals surface area contributed by atoms with Crippen LogP contribution < -0.4 is 14.2 Å². The Kier molecular flexibility index (Phi) is 7.92. The summed E-state index contributed by atoms with van der Waals surface area (Å²) in [6.07, 6.45) is 4.90. The maximum atomic E-state index is 11.2. The smallest absolute Gasteiger partial charge is 0.161 e. The summed E-state index contributed by atoms with van der Waals surface area (Å²) in [5.41, 5.74) is 1.23. The van der Waals surface area contributed by atoms with Crippen molar-refractivity contribution in [2.24, 2.45) is 0 Å². The number of hydrogen-bond donors (Lipinski definition) is 1. The van der Waals surface area contributed by atoms with Crippen molar-refractivity contribution in [3.05, 3.63) is 65.2 Å². The third kappa shape index (κ3) is 6.40. The molecule has 1 aliphatic rings. The molecule has 2 heterocycles. The van der Waals surface area contributed by atoms with Gasteiger partial charge in [0.1, 0.15) is 37.2 Å². The average Bonchev–Trinajstić information content (AvgIpc) is 3.34. The zero-order chi connectivity index (χ0) is 24.0. The Morgan fingerprint density at radius 2 is 1.88 bits per heavy atom. The van der Waals surface area contributed by atoms with Crippen molar-refractivity contribution >= 4 is 11.6 Å². The quantitative estimate of drug-likeness (QED) is 0.467. The Morgan fingerprint density at radius 1 is 1.06 bits per heavy atom. The highest BCUT2D eigenvalue weighted by atomic mass is 35.5. The van der Waals surface area contributed by atoms with E-state index in [2.05, 4.69) is 15.1 Å². The fourth-order valence-electron chi connectivity index (χ4n) is 4.18. The van der Waals surface area contributed by atoms with Crippen molar-refractivity contribution < 1.29 is 19.3 Å². The van der Waals surface area contributed by atoms with E-state index in [1.54, 1.807) is 19.8 Å². The van der Waals surface area contributed by atoms with E-state index in [1.807, 2.05) is 47.9 Å². The molecule has 2 aromatic carbocycles. The van der Waals surface area contributed by atoms with E-state index in [9.17, 15) is 5.11 Å². The molecular formula is C25H31ClN4O4. The molecule has 1 aliphatic heterocycles. The monoisotopic (exact) mass is 486 g/mol.